The van der Waals surface area contributed by atoms with Gasteiger partial charge in [0.1, 0.15) is 6.17 Å². The smallest absolute Gasteiger partial charge is 0.238 e. The van der Waals surface area contributed by atoms with Crippen molar-refractivity contribution in [2.75, 3.05) is 13.6 Å². The first-order valence-corrected chi connectivity index (χ1v) is 6.84. The van der Waals surface area contributed by atoms with Gasteiger partial charge < -0.3 is 4.90 Å². The van der Waals surface area contributed by atoms with Gasteiger partial charge in [-0.25, -0.2) is 0 Å². The van der Waals surface area contributed by atoms with Gasteiger partial charge in [0.05, 0.1) is 6.54 Å². The van der Waals surface area contributed by atoms with E-state index in [9.17, 15) is 4.79 Å². The molecule has 3 nitrogen and oxygen atoms in total. The maximum absolute atomic E-state index is 12.0. The Morgan fingerprint density at radius 1 is 1.00 bits per heavy atom. The topological polar surface area (TPSA) is 23.6 Å². The van der Waals surface area contributed by atoms with Crippen molar-refractivity contribution < 1.29 is 4.79 Å². The lowest BCUT2D eigenvalue weighted by Crippen LogP contribution is -2.28. The molecule has 3 rings (SSSR count). The summed E-state index contributed by atoms with van der Waals surface area (Å²) >= 11 is 0. The second kappa shape index (κ2) is 5.47. The summed E-state index contributed by atoms with van der Waals surface area (Å²) in [7, 11) is 1.88. The summed E-state index contributed by atoms with van der Waals surface area (Å²) in [5.74, 6) is 0.176. The molecule has 102 valence electrons. The Kier molecular flexibility index (Phi) is 3.52. The molecule has 0 aromatic heterocycles. The van der Waals surface area contributed by atoms with Crippen LogP contribution in [0, 0.1) is 0 Å². The Labute approximate surface area is 119 Å². The van der Waals surface area contributed by atoms with Gasteiger partial charge in [-0.2, -0.15) is 0 Å². The van der Waals surface area contributed by atoms with Gasteiger partial charge in [0.15, 0.2) is 0 Å². The van der Waals surface area contributed by atoms with Crippen molar-refractivity contribution in [1.82, 2.24) is 9.80 Å². The van der Waals surface area contributed by atoms with Gasteiger partial charge in [0.25, 0.3) is 0 Å². The molecule has 0 radical (unpaired) electrons. The highest BCUT2D eigenvalue weighted by Crippen LogP contribution is 2.30. The first-order chi connectivity index (χ1) is 9.75. The van der Waals surface area contributed by atoms with Gasteiger partial charge in [-0.15, -0.1) is 0 Å². The Morgan fingerprint density at radius 3 is 2.25 bits per heavy atom. The first-order valence-electron chi connectivity index (χ1n) is 6.84. The lowest BCUT2D eigenvalue weighted by Gasteiger charge is -2.28. The van der Waals surface area contributed by atoms with Crippen LogP contribution >= 0.6 is 0 Å². The van der Waals surface area contributed by atoms with E-state index in [4.69, 9.17) is 0 Å². The molecule has 1 heterocycles. The van der Waals surface area contributed by atoms with E-state index in [0.717, 1.165) is 12.1 Å². The summed E-state index contributed by atoms with van der Waals surface area (Å²) in [5.41, 5.74) is 2.40. The van der Waals surface area contributed by atoms with Crippen molar-refractivity contribution in [3.8, 4) is 0 Å². The summed E-state index contributed by atoms with van der Waals surface area (Å²) in [5, 5.41) is 0. The highest BCUT2D eigenvalue weighted by Gasteiger charge is 2.35. The maximum Gasteiger partial charge on any atom is 0.238 e. The molecular weight excluding hydrogens is 248 g/mol. The molecule has 0 saturated carbocycles. The Balaban J connectivity index is 1.87. The number of carbonyl (C=O) groups excluding carboxylic acids is 1. The lowest BCUT2D eigenvalue weighted by molar-refractivity contribution is -0.126. The lowest BCUT2D eigenvalue weighted by atomic mass is 10.1. The summed E-state index contributed by atoms with van der Waals surface area (Å²) in [4.78, 5) is 16.1. The average molecular weight is 266 g/mol. The van der Waals surface area contributed by atoms with Gasteiger partial charge in [0, 0.05) is 13.6 Å². The minimum atomic E-state index is 0.0314. The molecule has 2 aromatic rings. The molecular formula is C17H18N2O. The zero-order chi connectivity index (χ0) is 13.9. The largest absolute Gasteiger partial charge is 0.325 e. The van der Waals surface area contributed by atoms with Crippen molar-refractivity contribution in [3.63, 3.8) is 0 Å². The summed E-state index contributed by atoms with van der Waals surface area (Å²) in [6, 6.07) is 20.5. The van der Waals surface area contributed by atoms with E-state index in [0.29, 0.717) is 6.54 Å². The molecule has 1 aliphatic heterocycles. The van der Waals surface area contributed by atoms with Crippen LogP contribution in [0.15, 0.2) is 60.7 Å². The summed E-state index contributed by atoms with van der Waals surface area (Å²) in [6.07, 6.45) is 0.0314. The minimum absolute atomic E-state index is 0.0314. The molecule has 1 fully saturated rings. The Hall–Kier alpha value is -2.13. The van der Waals surface area contributed by atoms with Gasteiger partial charge in [-0.05, 0) is 11.1 Å². The Bertz CT molecular complexity index is 582. The van der Waals surface area contributed by atoms with Gasteiger partial charge in [-0.3, -0.25) is 9.69 Å². The van der Waals surface area contributed by atoms with Gasteiger partial charge in [-0.1, -0.05) is 60.7 Å². The first kappa shape index (κ1) is 12.9. The minimum Gasteiger partial charge on any atom is -0.325 e. The van der Waals surface area contributed by atoms with Crippen molar-refractivity contribution in [3.05, 3.63) is 71.8 Å². The molecule has 1 atom stereocenters. The van der Waals surface area contributed by atoms with E-state index in [1.54, 1.807) is 0 Å². The SMILES string of the molecule is CN1C(=O)CN(Cc2ccccc2)C1c1ccccc1. The number of likely N-dealkylation sites (N-methyl/N-ethyl adjacent to an activating group) is 1. The summed E-state index contributed by atoms with van der Waals surface area (Å²) in [6.45, 7) is 1.27. The van der Waals surface area contributed by atoms with Crippen LogP contribution in [0.2, 0.25) is 0 Å². The van der Waals surface area contributed by atoms with Crippen LogP contribution < -0.4 is 0 Å². The maximum atomic E-state index is 12.0. The monoisotopic (exact) mass is 266 g/mol. The molecule has 20 heavy (non-hydrogen) atoms. The third-order valence-electron chi connectivity index (χ3n) is 3.77. The normalized spacial score (nSPS) is 19.6. The predicted octanol–water partition coefficient (Wildman–Crippen LogP) is 2.66. The third-order valence-corrected chi connectivity index (χ3v) is 3.77. The second-order valence-corrected chi connectivity index (χ2v) is 5.18. The third kappa shape index (κ3) is 2.45. The molecule has 0 bridgehead atoms. The van der Waals surface area contributed by atoms with Crippen LogP contribution in [0.25, 0.3) is 0 Å². The van der Waals surface area contributed by atoms with E-state index >= 15 is 0 Å². The standard InChI is InChI=1S/C17H18N2O/c1-18-16(20)13-19(12-14-8-4-2-5-9-14)17(18)15-10-6-3-7-11-15/h2-11,17H,12-13H2,1H3. The highest BCUT2D eigenvalue weighted by atomic mass is 16.2. The quantitative estimate of drug-likeness (QED) is 0.852. The molecule has 1 saturated heterocycles. The van der Waals surface area contributed by atoms with Crippen molar-refractivity contribution >= 4 is 5.91 Å². The van der Waals surface area contributed by atoms with Gasteiger partial charge in [0.2, 0.25) is 5.91 Å². The molecule has 0 N–H and O–H groups in total. The van der Waals surface area contributed by atoms with Crippen LogP contribution in [-0.4, -0.2) is 29.3 Å². The highest BCUT2D eigenvalue weighted by molar-refractivity contribution is 5.80. The number of hydrogen-bond acceptors (Lipinski definition) is 2. The number of benzene rings is 2. The number of rotatable bonds is 3. The fourth-order valence-electron chi connectivity index (χ4n) is 2.77. The average Bonchev–Trinajstić information content (AvgIpc) is 2.76. The van der Waals surface area contributed by atoms with Crippen LogP contribution in [0.4, 0.5) is 0 Å². The van der Waals surface area contributed by atoms with Crippen molar-refractivity contribution in [2.45, 2.75) is 12.7 Å². The number of nitrogens with zero attached hydrogens (tertiary/aromatic N) is 2. The molecule has 0 aliphatic carbocycles. The molecule has 2 aromatic carbocycles. The van der Waals surface area contributed by atoms with E-state index in [1.165, 1.54) is 5.56 Å². The zero-order valence-electron chi connectivity index (χ0n) is 11.6. The molecule has 0 spiro atoms. The van der Waals surface area contributed by atoms with Crippen molar-refractivity contribution in [1.29, 1.82) is 0 Å². The van der Waals surface area contributed by atoms with Crippen LogP contribution in [0.1, 0.15) is 17.3 Å². The van der Waals surface area contributed by atoms with Gasteiger partial charge >= 0.3 is 0 Å². The van der Waals surface area contributed by atoms with Crippen molar-refractivity contribution in [2.24, 2.45) is 0 Å². The molecule has 1 amide bonds. The van der Waals surface area contributed by atoms with Crippen LogP contribution in [-0.2, 0) is 11.3 Å². The number of carbonyl (C=O) groups is 1. The van der Waals surface area contributed by atoms with Crippen LogP contribution in [0.3, 0.4) is 0 Å². The molecule has 1 aliphatic rings. The molecule has 3 heteroatoms. The van der Waals surface area contributed by atoms with E-state index in [-0.39, 0.29) is 12.1 Å². The fraction of sp³-hybridized carbons (Fsp3) is 0.235. The van der Waals surface area contributed by atoms with E-state index in [1.807, 2.05) is 48.3 Å². The Morgan fingerprint density at radius 2 is 1.60 bits per heavy atom. The van der Waals surface area contributed by atoms with E-state index < -0.39 is 0 Å². The second-order valence-electron chi connectivity index (χ2n) is 5.18. The number of amides is 1. The zero-order valence-corrected chi connectivity index (χ0v) is 11.6. The fourth-order valence-corrected chi connectivity index (χ4v) is 2.77. The molecule has 1 unspecified atom stereocenters. The number of hydrogen-bond donors (Lipinski definition) is 0. The summed E-state index contributed by atoms with van der Waals surface area (Å²) < 4.78 is 0. The predicted molar refractivity (Wildman–Crippen MR) is 78.8 cm³/mol. The van der Waals surface area contributed by atoms with Crippen LogP contribution in [0.5, 0.6) is 0 Å². The van der Waals surface area contributed by atoms with E-state index in [2.05, 4.69) is 29.2 Å².